The molecule has 3 nitrogen and oxygen atoms in total. The van der Waals surface area contributed by atoms with Crippen LogP contribution in [-0.2, 0) is 6.54 Å². The van der Waals surface area contributed by atoms with Crippen LogP contribution < -0.4 is 0 Å². The van der Waals surface area contributed by atoms with E-state index < -0.39 is 0 Å². The predicted octanol–water partition coefficient (Wildman–Crippen LogP) is 3.86. The zero-order chi connectivity index (χ0) is 14.7. The molecule has 0 N–H and O–H groups in total. The highest BCUT2D eigenvalue weighted by molar-refractivity contribution is 5.86. The minimum atomic E-state index is -0.279. The Morgan fingerprint density at radius 3 is 2.75 bits per heavy atom. The molecule has 1 aromatic heterocycles. The Balaban J connectivity index is 2.37. The lowest BCUT2D eigenvalue weighted by molar-refractivity contribution is 0.112. The molecule has 20 heavy (non-hydrogen) atoms. The first kappa shape index (κ1) is 14.4. The van der Waals surface area contributed by atoms with Crippen LogP contribution >= 0.6 is 0 Å². The van der Waals surface area contributed by atoms with Gasteiger partial charge in [0.15, 0.2) is 6.29 Å². The van der Waals surface area contributed by atoms with Crippen molar-refractivity contribution in [3.05, 3.63) is 41.3 Å². The highest BCUT2D eigenvalue weighted by atomic mass is 19.1. The van der Waals surface area contributed by atoms with Crippen molar-refractivity contribution < 1.29 is 9.18 Å². The summed E-state index contributed by atoms with van der Waals surface area (Å²) < 4.78 is 15.0. The molecule has 0 saturated carbocycles. The molecule has 0 atom stereocenters. The molecular weight excluding hydrogens is 255 g/mol. The van der Waals surface area contributed by atoms with Crippen molar-refractivity contribution in [1.29, 1.82) is 0 Å². The first-order chi connectivity index (χ1) is 9.51. The predicted molar refractivity (Wildman–Crippen MR) is 77.2 cm³/mol. The first-order valence-corrected chi connectivity index (χ1v) is 6.80. The second-order valence-corrected chi connectivity index (χ2v) is 5.46. The van der Waals surface area contributed by atoms with E-state index in [0.717, 1.165) is 30.4 Å². The Morgan fingerprint density at radius 1 is 1.40 bits per heavy atom. The van der Waals surface area contributed by atoms with Gasteiger partial charge in [0.25, 0.3) is 0 Å². The Bertz CT molecular complexity index is 617. The van der Waals surface area contributed by atoms with Crippen LogP contribution in [0.25, 0.3) is 11.3 Å². The van der Waals surface area contributed by atoms with Gasteiger partial charge in [0.05, 0.1) is 5.56 Å². The minimum absolute atomic E-state index is 0.279. The summed E-state index contributed by atoms with van der Waals surface area (Å²) in [6, 6.07) is 4.52. The lowest BCUT2D eigenvalue weighted by Crippen LogP contribution is -2.02. The molecule has 0 amide bonds. The standard InChI is InChI=1S/C16H19FN2O/c1-11(2)6-7-19-9-13(10-20)16(18-19)15-5-4-14(17)8-12(15)3/h4-5,8-11H,6-7H2,1-3H3. The van der Waals surface area contributed by atoms with E-state index in [1.54, 1.807) is 16.9 Å². The molecule has 2 rings (SSSR count). The molecule has 1 aromatic carbocycles. The molecule has 0 aliphatic rings. The third kappa shape index (κ3) is 3.13. The monoisotopic (exact) mass is 274 g/mol. The summed E-state index contributed by atoms with van der Waals surface area (Å²) in [6.45, 7) is 6.89. The van der Waals surface area contributed by atoms with Crippen LogP contribution in [0.2, 0.25) is 0 Å². The van der Waals surface area contributed by atoms with Gasteiger partial charge in [-0.15, -0.1) is 0 Å². The van der Waals surface area contributed by atoms with E-state index in [4.69, 9.17) is 0 Å². The number of aromatic nitrogens is 2. The highest BCUT2D eigenvalue weighted by Crippen LogP contribution is 2.25. The number of hydrogen-bond acceptors (Lipinski definition) is 2. The summed E-state index contributed by atoms with van der Waals surface area (Å²) in [5.74, 6) is 0.299. The minimum Gasteiger partial charge on any atom is -0.298 e. The molecule has 2 aromatic rings. The molecule has 0 radical (unpaired) electrons. The van der Waals surface area contributed by atoms with E-state index in [9.17, 15) is 9.18 Å². The van der Waals surface area contributed by atoms with Crippen molar-refractivity contribution >= 4 is 6.29 Å². The summed E-state index contributed by atoms with van der Waals surface area (Å²) in [5.41, 5.74) is 2.75. The summed E-state index contributed by atoms with van der Waals surface area (Å²) in [5, 5.41) is 4.48. The number of nitrogens with zero attached hydrogens (tertiary/aromatic N) is 2. The molecule has 4 heteroatoms. The lowest BCUT2D eigenvalue weighted by Gasteiger charge is -2.05. The number of halogens is 1. The van der Waals surface area contributed by atoms with Crippen LogP contribution in [0, 0.1) is 18.7 Å². The van der Waals surface area contributed by atoms with E-state index in [1.165, 1.54) is 12.1 Å². The Hall–Kier alpha value is -1.97. The van der Waals surface area contributed by atoms with Gasteiger partial charge in [-0.1, -0.05) is 13.8 Å². The molecule has 1 heterocycles. The van der Waals surface area contributed by atoms with Gasteiger partial charge in [-0.2, -0.15) is 5.10 Å². The second-order valence-electron chi connectivity index (χ2n) is 5.46. The maximum absolute atomic E-state index is 13.2. The van der Waals surface area contributed by atoms with Crippen molar-refractivity contribution in [3.8, 4) is 11.3 Å². The largest absolute Gasteiger partial charge is 0.298 e. The smallest absolute Gasteiger partial charge is 0.153 e. The van der Waals surface area contributed by atoms with E-state index >= 15 is 0 Å². The van der Waals surface area contributed by atoms with Gasteiger partial charge in [-0.05, 0) is 43.0 Å². The van der Waals surface area contributed by atoms with Crippen molar-refractivity contribution in [2.45, 2.75) is 33.7 Å². The maximum Gasteiger partial charge on any atom is 0.153 e. The van der Waals surface area contributed by atoms with E-state index in [-0.39, 0.29) is 5.82 Å². The molecule has 0 saturated heterocycles. The number of benzene rings is 1. The van der Waals surface area contributed by atoms with Gasteiger partial charge in [0, 0.05) is 18.3 Å². The van der Waals surface area contributed by atoms with Crippen LogP contribution in [0.4, 0.5) is 4.39 Å². The molecular formula is C16H19FN2O. The summed E-state index contributed by atoms with van der Waals surface area (Å²) in [7, 11) is 0. The van der Waals surface area contributed by atoms with Gasteiger partial charge in [0.1, 0.15) is 11.5 Å². The van der Waals surface area contributed by atoms with Gasteiger partial charge in [-0.25, -0.2) is 4.39 Å². The fourth-order valence-electron chi connectivity index (χ4n) is 2.13. The van der Waals surface area contributed by atoms with Gasteiger partial charge < -0.3 is 0 Å². The molecule has 0 unspecified atom stereocenters. The SMILES string of the molecule is Cc1cc(F)ccc1-c1nn(CCC(C)C)cc1C=O. The van der Waals surface area contributed by atoms with Crippen LogP contribution in [-0.4, -0.2) is 16.1 Å². The zero-order valence-corrected chi connectivity index (χ0v) is 12.1. The second kappa shape index (κ2) is 5.99. The van der Waals surface area contributed by atoms with Crippen molar-refractivity contribution in [2.24, 2.45) is 5.92 Å². The quantitative estimate of drug-likeness (QED) is 0.776. The summed E-state index contributed by atoms with van der Waals surface area (Å²) in [6.07, 6.45) is 3.56. The topological polar surface area (TPSA) is 34.9 Å². The molecule has 0 fully saturated rings. The highest BCUT2D eigenvalue weighted by Gasteiger charge is 2.13. The fourth-order valence-corrected chi connectivity index (χ4v) is 2.13. The van der Waals surface area contributed by atoms with Crippen molar-refractivity contribution in [2.75, 3.05) is 0 Å². The Kier molecular flexibility index (Phi) is 4.32. The van der Waals surface area contributed by atoms with E-state index in [1.807, 2.05) is 6.92 Å². The van der Waals surface area contributed by atoms with Crippen LogP contribution in [0.15, 0.2) is 24.4 Å². The number of carbonyl (C=O) groups excluding carboxylic acids is 1. The van der Waals surface area contributed by atoms with Crippen LogP contribution in [0.5, 0.6) is 0 Å². The molecule has 0 spiro atoms. The number of hydrogen-bond donors (Lipinski definition) is 0. The molecule has 0 aliphatic heterocycles. The Morgan fingerprint density at radius 2 is 2.15 bits per heavy atom. The van der Waals surface area contributed by atoms with Gasteiger partial charge in [0.2, 0.25) is 0 Å². The number of rotatable bonds is 5. The van der Waals surface area contributed by atoms with Gasteiger partial charge >= 0.3 is 0 Å². The molecule has 0 bridgehead atoms. The van der Waals surface area contributed by atoms with E-state index in [2.05, 4.69) is 18.9 Å². The van der Waals surface area contributed by atoms with Crippen molar-refractivity contribution in [3.63, 3.8) is 0 Å². The fraction of sp³-hybridized carbons (Fsp3) is 0.375. The van der Waals surface area contributed by atoms with Crippen LogP contribution in [0.1, 0.15) is 36.2 Å². The molecule has 106 valence electrons. The summed E-state index contributed by atoms with van der Waals surface area (Å²) >= 11 is 0. The first-order valence-electron chi connectivity index (χ1n) is 6.80. The maximum atomic E-state index is 13.2. The number of aryl methyl sites for hydroxylation is 2. The van der Waals surface area contributed by atoms with E-state index in [0.29, 0.717) is 17.2 Å². The summed E-state index contributed by atoms with van der Waals surface area (Å²) in [4.78, 5) is 11.2. The van der Waals surface area contributed by atoms with Crippen LogP contribution in [0.3, 0.4) is 0 Å². The number of carbonyl (C=O) groups is 1. The average Bonchev–Trinajstić information content (AvgIpc) is 2.79. The number of aldehydes is 1. The third-order valence-electron chi connectivity index (χ3n) is 3.30. The average molecular weight is 274 g/mol. The zero-order valence-electron chi connectivity index (χ0n) is 12.1. The lowest BCUT2D eigenvalue weighted by atomic mass is 10.0. The van der Waals surface area contributed by atoms with Crippen molar-refractivity contribution in [1.82, 2.24) is 9.78 Å². The van der Waals surface area contributed by atoms with Gasteiger partial charge in [-0.3, -0.25) is 9.48 Å². The molecule has 0 aliphatic carbocycles. The Labute approximate surface area is 118 Å². The normalized spacial score (nSPS) is 11.1. The third-order valence-corrected chi connectivity index (χ3v) is 3.30.